The van der Waals surface area contributed by atoms with Crippen LogP contribution in [0.5, 0.6) is 11.5 Å². The summed E-state index contributed by atoms with van der Waals surface area (Å²) in [6, 6.07) is 4.68. The molecule has 8 heteroatoms. The SMILES string of the molecule is Cc1cnc(C2CC2)n1CCNS(=O)(=O)c1ccc2c(c1)OCCO2. The number of nitrogens with zero attached hydrogens (tertiary/aromatic N) is 2. The molecule has 1 saturated carbocycles. The molecule has 1 aromatic heterocycles. The van der Waals surface area contributed by atoms with Gasteiger partial charge in [-0.25, -0.2) is 18.1 Å². The van der Waals surface area contributed by atoms with Gasteiger partial charge in [-0.1, -0.05) is 0 Å². The molecule has 1 N–H and O–H groups in total. The topological polar surface area (TPSA) is 82.5 Å². The van der Waals surface area contributed by atoms with Crippen LogP contribution in [-0.4, -0.2) is 37.7 Å². The number of aromatic nitrogens is 2. The summed E-state index contributed by atoms with van der Waals surface area (Å²) >= 11 is 0. The highest BCUT2D eigenvalue weighted by molar-refractivity contribution is 7.89. The minimum absolute atomic E-state index is 0.182. The minimum Gasteiger partial charge on any atom is -0.486 e. The smallest absolute Gasteiger partial charge is 0.240 e. The number of fused-ring (bicyclic) bond motifs is 1. The summed E-state index contributed by atoms with van der Waals surface area (Å²) < 4.78 is 40.7. The predicted octanol–water partition coefficient (Wildman–Crippen LogP) is 1.82. The number of hydrogen-bond donors (Lipinski definition) is 1. The molecule has 0 bridgehead atoms. The number of rotatable bonds is 6. The van der Waals surface area contributed by atoms with Crippen molar-refractivity contribution in [2.24, 2.45) is 0 Å². The quantitative estimate of drug-likeness (QED) is 0.846. The highest BCUT2D eigenvalue weighted by atomic mass is 32.2. The fourth-order valence-corrected chi connectivity index (χ4v) is 4.04. The lowest BCUT2D eigenvalue weighted by Gasteiger charge is -2.19. The Bertz CT molecular complexity index is 887. The molecule has 0 amide bonds. The van der Waals surface area contributed by atoms with E-state index in [9.17, 15) is 8.42 Å². The van der Waals surface area contributed by atoms with Crippen LogP contribution >= 0.6 is 0 Å². The lowest BCUT2D eigenvalue weighted by atomic mass is 10.3. The molecule has 1 aliphatic carbocycles. The number of hydrogen-bond acceptors (Lipinski definition) is 5. The third-order valence-electron chi connectivity index (χ3n) is 4.48. The van der Waals surface area contributed by atoms with Gasteiger partial charge in [0.2, 0.25) is 10.0 Å². The molecule has 7 nitrogen and oxygen atoms in total. The molecule has 134 valence electrons. The Morgan fingerprint density at radius 3 is 2.76 bits per heavy atom. The zero-order valence-electron chi connectivity index (χ0n) is 14.1. The largest absolute Gasteiger partial charge is 0.486 e. The molecular formula is C17H21N3O4S. The molecule has 0 atom stereocenters. The van der Waals surface area contributed by atoms with Crippen molar-refractivity contribution in [1.29, 1.82) is 0 Å². The zero-order chi connectivity index (χ0) is 17.4. The van der Waals surface area contributed by atoms with Gasteiger partial charge in [0.25, 0.3) is 0 Å². The second kappa shape index (κ2) is 6.34. The third kappa shape index (κ3) is 3.36. The van der Waals surface area contributed by atoms with Crippen LogP contribution in [-0.2, 0) is 16.6 Å². The molecule has 0 saturated heterocycles. The summed E-state index contributed by atoms with van der Waals surface area (Å²) in [4.78, 5) is 4.64. The Balaban J connectivity index is 1.44. The van der Waals surface area contributed by atoms with Crippen LogP contribution in [0.15, 0.2) is 29.3 Å². The van der Waals surface area contributed by atoms with E-state index in [-0.39, 0.29) is 4.90 Å². The average Bonchev–Trinajstić information content (AvgIpc) is 3.39. The summed E-state index contributed by atoms with van der Waals surface area (Å²) in [5, 5.41) is 0. The van der Waals surface area contributed by atoms with Crippen LogP contribution < -0.4 is 14.2 Å². The van der Waals surface area contributed by atoms with Crippen molar-refractivity contribution in [2.45, 2.75) is 37.1 Å². The first kappa shape index (κ1) is 16.4. The van der Waals surface area contributed by atoms with E-state index >= 15 is 0 Å². The van der Waals surface area contributed by atoms with Gasteiger partial charge in [0, 0.05) is 37.0 Å². The molecule has 2 aliphatic rings. The van der Waals surface area contributed by atoms with Gasteiger partial charge in [0.05, 0.1) is 4.90 Å². The average molecular weight is 363 g/mol. The Morgan fingerprint density at radius 1 is 1.24 bits per heavy atom. The standard InChI is InChI=1S/C17H21N3O4S/c1-12-11-18-17(13-2-3-13)20(12)7-6-19-25(21,22)14-4-5-15-16(10-14)24-9-8-23-15/h4-5,10-11,13,19H,2-3,6-9H2,1H3. The van der Waals surface area contributed by atoms with Crippen LogP contribution in [0.3, 0.4) is 0 Å². The molecule has 1 aromatic carbocycles. The maximum Gasteiger partial charge on any atom is 0.240 e. The van der Waals surface area contributed by atoms with Gasteiger partial charge in [-0.15, -0.1) is 0 Å². The summed E-state index contributed by atoms with van der Waals surface area (Å²) in [6.07, 6.45) is 4.18. The summed E-state index contributed by atoms with van der Waals surface area (Å²) in [5.74, 6) is 2.64. The Kier molecular flexibility index (Phi) is 4.16. The van der Waals surface area contributed by atoms with Crippen LogP contribution in [0.25, 0.3) is 0 Å². The second-order valence-corrected chi connectivity index (χ2v) is 8.15. The molecule has 2 aromatic rings. The molecular weight excluding hydrogens is 342 g/mol. The number of aryl methyl sites for hydroxylation is 1. The molecule has 25 heavy (non-hydrogen) atoms. The Morgan fingerprint density at radius 2 is 2.00 bits per heavy atom. The summed E-state index contributed by atoms with van der Waals surface area (Å²) in [5.41, 5.74) is 1.06. The molecule has 4 rings (SSSR count). The summed E-state index contributed by atoms with van der Waals surface area (Å²) in [7, 11) is -3.60. The van der Waals surface area contributed by atoms with Gasteiger partial charge < -0.3 is 14.0 Å². The maximum absolute atomic E-state index is 12.5. The van der Waals surface area contributed by atoms with Gasteiger partial charge in [-0.2, -0.15) is 0 Å². The van der Waals surface area contributed by atoms with E-state index in [2.05, 4.69) is 14.3 Å². The Hall–Kier alpha value is -2.06. The molecule has 2 heterocycles. The monoisotopic (exact) mass is 363 g/mol. The van der Waals surface area contributed by atoms with Gasteiger partial charge in [-0.3, -0.25) is 0 Å². The number of nitrogens with one attached hydrogen (secondary N) is 1. The van der Waals surface area contributed by atoms with Crippen LogP contribution in [0.1, 0.15) is 30.3 Å². The third-order valence-corrected chi connectivity index (χ3v) is 5.94. The Labute approximate surface area is 147 Å². The highest BCUT2D eigenvalue weighted by Gasteiger charge is 2.28. The first-order valence-corrected chi connectivity index (χ1v) is 9.94. The van der Waals surface area contributed by atoms with Crippen molar-refractivity contribution in [3.63, 3.8) is 0 Å². The first-order chi connectivity index (χ1) is 12.0. The molecule has 0 radical (unpaired) electrons. The van der Waals surface area contributed by atoms with Gasteiger partial charge in [0.15, 0.2) is 11.5 Å². The predicted molar refractivity (Wildman–Crippen MR) is 91.6 cm³/mol. The van der Waals surface area contributed by atoms with Gasteiger partial charge in [-0.05, 0) is 31.9 Å². The minimum atomic E-state index is -3.60. The number of ether oxygens (including phenoxy) is 2. The summed E-state index contributed by atoms with van der Waals surface area (Å²) in [6.45, 7) is 3.78. The van der Waals surface area contributed by atoms with Crippen molar-refractivity contribution < 1.29 is 17.9 Å². The highest BCUT2D eigenvalue weighted by Crippen LogP contribution is 2.39. The van der Waals surface area contributed by atoms with Crippen LogP contribution in [0.4, 0.5) is 0 Å². The fourth-order valence-electron chi connectivity index (χ4n) is 3.00. The van der Waals surface area contributed by atoms with Gasteiger partial charge >= 0.3 is 0 Å². The number of imidazole rings is 1. The van der Waals surface area contributed by atoms with Crippen LogP contribution in [0, 0.1) is 6.92 Å². The van der Waals surface area contributed by atoms with E-state index in [1.807, 2.05) is 13.1 Å². The van der Waals surface area contributed by atoms with E-state index in [0.29, 0.717) is 43.7 Å². The lowest BCUT2D eigenvalue weighted by molar-refractivity contribution is 0.171. The molecule has 0 unspecified atom stereocenters. The van der Waals surface area contributed by atoms with E-state index in [4.69, 9.17) is 9.47 Å². The normalized spacial score (nSPS) is 16.8. The van der Waals surface area contributed by atoms with Crippen molar-refractivity contribution in [3.8, 4) is 11.5 Å². The van der Waals surface area contributed by atoms with Crippen molar-refractivity contribution >= 4 is 10.0 Å². The fraction of sp³-hybridized carbons (Fsp3) is 0.471. The van der Waals surface area contributed by atoms with Crippen molar-refractivity contribution in [1.82, 2.24) is 14.3 Å². The maximum atomic E-state index is 12.5. The van der Waals surface area contributed by atoms with E-state index in [1.165, 1.54) is 25.0 Å². The first-order valence-electron chi connectivity index (χ1n) is 8.46. The van der Waals surface area contributed by atoms with Gasteiger partial charge in [0.1, 0.15) is 19.0 Å². The second-order valence-electron chi connectivity index (χ2n) is 6.39. The van der Waals surface area contributed by atoms with Crippen molar-refractivity contribution in [2.75, 3.05) is 19.8 Å². The van der Waals surface area contributed by atoms with Crippen LogP contribution in [0.2, 0.25) is 0 Å². The number of sulfonamides is 1. The molecule has 0 spiro atoms. The van der Waals surface area contributed by atoms with E-state index in [1.54, 1.807) is 6.07 Å². The van der Waals surface area contributed by atoms with Crippen molar-refractivity contribution in [3.05, 3.63) is 35.9 Å². The van der Waals surface area contributed by atoms with E-state index in [0.717, 1.165) is 11.5 Å². The zero-order valence-corrected chi connectivity index (χ0v) is 14.9. The molecule has 1 fully saturated rings. The van der Waals surface area contributed by atoms with E-state index < -0.39 is 10.0 Å². The number of benzene rings is 1. The molecule has 1 aliphatic heterocycles. The lowest BCUT2D eigenvalue weighted by Crippen LogP contribution is -2.28.